The lowest BCUT2D eigenvalue weighted by Gasteiger charge is -2.23. The van der Waals surface area contributed by atoms with Crippen LogP contribution < -0.4 is 36.6 Å². The molecule has 8 aromatic rings. The highest BCUT2D eigenvalue weighted by atomic mass is 19.1. The Hall–Kier alpha value is -8.62. The molecule has 2 aliphatic rings. The summed E-state index contributed by atoms with van der Waals surface area (Å²) in [6.45, 7) is 11.2. The molecule has 72 heavy (non-hydrogen) atoms. The summed E-state index contributed by atoms with van der Waals surface area (Å²) in [4.78, 5) is 50.5. The van der Waals surface area contributed by atoms with E-state index in [1.165, 1.54) is 31.4 Å². The van der Waals surface area contributed by atoms with E-state index in [-0.39, 0.29) is 30.0 Å². The van der Waals surface area contributed by atoms with Crippen molar-refractivity contribution in [1.29, 1.82) is 0 Å². The fourth-order valence-electron chi connectivity index (χ4n) is 8.02. The number of benzene rings is 4. The lowest BCUT2D eigenvalue weighted by molar-refractivity contribution is -0.112. The van der Waals surface area contributed by atoms with Crippen LogP contribution in [0.5, 0.6) is 5.88 Å². The summed E-state index contributed by atoms with van der Waals surface area (Å²) < 4.78 is 47.2. The van der Waals surface area contributed by atoms with E-state index in [9.17, 15) is 9.59 Å². The molecular formula is C53H48F2N12O5. The number of morpholine rings is 2. The molecule has 19 heteroatoms. The van der Waals surface area contributed by atoms with E-state index in [1.807, 2.05) is 24.3 Å². The molecule has 0 saturated carbocycles. The molecule has 0 aliphatic carbocycles. The summed E-state index contributed by atoms with van der Waals surface area (Å²) in [7, 11) is 1.53. The maximum Gasteiger partial charge on any atom is 0.247 e. The first kappa shape index (κ1) is 48.4. The van der Waals surface area contributed by atoms with E-state index < -0.39 is 11.6 Å². The SMILES string of the molecule is C=CC(=O)Nc1cccc(-c2c(F)ccc3cnc(Nc4ccc(C5CNCCO5)nc4)nc23)c1.C=CC(=O)Nc1cccc(-c2c(F)ccc3cnc(Nc4ccc(C5CNCCO5)nc4OC)nc23)c1. The standard InChI is InChI=1S/C27H25FN6O3.C26H23FN6O2/c1-3-23(35)31-18-6-4-5-16(13-18)24-19(28)8-7-17-14-30-27(34-25(17)24)33-21-10-9-20(32-26(21)36-2)22-15-29-11-12-37-22;1-2-23(34)31-18-5-3-4-16(12-18)24-20(27)8-6-17-13-30-26(33-25(17)24)32-19-7-9-21(29-14-19)22-15-28-10-11-35-22/h3-10,13-14,22,29H,1,11-12,15H2,2H3,(H,31,35)(H,30,33,34);2-9,12-14,22,28H,1,10-11,15H2,(H,31,34)(H,30,32,33). The van der Waals surface area contributed by atoms with Gasteiger partial charge in [-0.25, -0.2) is 33.7 Å². The zero-order valence-corrected chi connectivity index (χ0v) is 38.9. The van der Waals surface area contributed by atoms with Gasteiger partial charge >= 0.3 is 0 Å². The number of fused-ring (bicyclic) bond motifs is 2. The van der Waals surface area contributed by atoms with Crippen LogP contribution >= 0.6 is 0 Å². The number of amides is 2. The van der Waals surface area contributed by atoms with Crippen molar-refractivity contribution < 1.29 is 32.6 Å². The number of hydrogen-bond donors (Lipinski definition) is 6. The number of halogens is 2. The fourth-order valence-corrected chi connectivity index (χ4v) is 8.02. The van der Waals surface area contributed by atoms with E-state index in [2.05, 4.69) is 75.0 Å². The van der Waals surface area contributed by atoms with Crippen LogP contribution in [0.2, 0.25) is 0 Å². The van der Waals surface area contributed by atoms with Gasteiger partial charge in [0.15, 0.2) is 0 Å². The van der Waals surface area contributed by atoms with Crippen molar-refractivity contribution in [2.75, 3.05) is 67.8 Å². The number of carbonyl (C=O) groups is 2. The molecule has 2 aliphatic heterocycles. The maximum atomic E-state index is 15.1. The number of methoxy groups -OCH3 is 1. The summed E-state index contributed by atoms with van der Waals surface area (Å²) >= 11 is 0. The molecule has 2 fully saturated rings. The third-order valence-electron chi connectivity index (χ3n) is 11.5. The van der Waals surface area contributed by atoms with Crippen molar-refractivity contribution in [3.63, 3.8) is 0 Å². The van der Waals surface area contributed by atoms with E-state index in [1.54, 1.807) is 79.3 Å². The summed E-state index contributed by atoms with van der Waals surface area (Å²) in [6, 6.07) is 27.3. The highest BCUT2D eigenvalue weighted by Gasteiger charge is 2.21. The molecule has 0 bridgehead atoms. The van der Waals surface area contributed by atoms with E-state index in [4.69, 9.17) is 14.2 Å². The van der Waals surface area contributed by atoms with Crippen molar-refractivity contribution in [3.8, 4) is 28.1 Å². The Kier molecular flexibility index (Phi) is 15.1. The van der Waals surface area contributed by atoms with Crippen LogP contribution in [0.25, 0.3) is 44.1 Å². The number of pyridine rings is 2. The number of rotatable bonds is 13. The van der Waals surface area contributed by atoms with Gasteiger partial charge in [0.2, 0.25) is 29.6 Å². The highest BCUT2D eigenvalue weighted by molar-refractivity contribution is 6.01. The van der Waals surface area contributed by atoms with Crippen molar-refractivity contribution in [2.45, 2.75) is 12.2 Å². The van der Waals surface area contributed by atoms with E-state index in [0.29, 0.717) is 98.4 Å². The Morgan fingerprint density at radius 1 is 0.639 bits per heavy atom. The molecule has 0 spiro atoms. The van der Waals surface area contributed by atoms with Crippen LogP contribution in [-0.2, 0) is 19.1 Å². The molecule has 4 aromatic heterocycles. The maximum absolute atomic E-state index is 15.1. The minimum Gasteiger partial charge on any atom is -0.480 e. The third kappa shape index (κ3) is 11.4. The van der Waals surface area contributed by atoms with Crippen molar-refractivity contribution >= 4 is 68.3 Å². The topological polar surface area (TPSA) is 211 Å². The molecule has 2 atom stereocenters. The first-order valence-corrected chi connectivity index (χ1v) is 22.8. The molecule has 2 saturated heterocycles. The second-order valence-electron chi connectivity index (χ2n) is 16.3. The van der Waals surface area contributed by atoms with Crippen LogP contribution in [0.15, 0.2) is 141 Å². The minimum atomic E-state index is -0.450. The van der Waals surface area contributed by atoms with Crippen LogP contribution in [0.1, 0.15) is 23.6 Å². The Morgan fingerprint density at radius 2 is 1.18 bits per heavy atom. The van der Waals surface area contributed by atoms with Crippen molar-refractivity contribution in [2.24, 2.45) is 0 Å². The number of aromatic nitrogens is 6. The normalized spacial score (nSPS) is 15.4. The zero-order valence-electron chi connectivity index (χ0n) is 38.9. The molecule has 2 unspecified atom stereocenters. The average molecular weight is 971 g/mol. The number of nitrogens with zero attached hydrogens (tertiary/aromatic N) is 6. The number of hydrogen-bond acceptors (Lipinski definition) is 15. The van der Waals surface area contributed by atoms with Gasteiger partial charge in [-0.1, -0.05) is 37.4 Å². The van der Waals surface area contributed by atoms with Crippen LogP contribution in [0.3, 0.4) is 0 Å². The first-order chi connectivity index (χ1) is 35.2. The monoisotopic (exact) mass is 970 g/mol. The molecule has 6 heterocycles. The van der Waals surface area contributed by atoms with E-state index >= 15 is 8.78 Å². The first-order valence-electron chi connectivity index (χ1n) is 22.8. The Labute approximate surface area is 412 Å². The molecule has 2 amide bonds. The van der Waals surface area contributed by atoms with Crippen molar-refractivity contribution in [1.82, 2.24) is 40.5 Å². The molecule has 364 valence electrons. The highest BCUT2D eigenvalue weighted by Crippen LogP contribution is 2.35. The van der Waals surface area contributed by atoms with Gasteiger partial charge in [-0.05, 0) is 96.1 Å². The summed E-state index contributed by atoms with van der Waals surface area (Å²) in [5.41, 5.74) is 6.49. The Morgan fingerprint density at radius 3 is 1.68 bits per heavy atom. The van der Waals surface area contributed by atoms with Gasteiger partial charge in [0, 0.05) is 71.8 Å². The molecule has 17 nitrogen and oxygen atoms in total. The zero-order chi connectivity index (χ0) is 50.0. The summed E-state index contributed by atoms with van der Waals surface area (Å²) in [5, 5.41) is 19.6. The largest absolute Gasteiger partial charge is 0.480 e. The molecule has 0 radical (unpaired) electrons. The smallest absolute Gasteiger partial charge is 0.247 e. The number of nitrogens with one attached hydrogen (secondary N) is 6. The third-order valence-corrected chi connectivity index (χ3v) is 11.5. The average Bonchev–Trinajstić information content (AvgIpc) is 3.41. The number of ether oxygens (including phenoxy) is 3. The Balaban J connectivity index is 0.000000178. The fraction of sp³-hybridized carbons (Fsp3) is 0.170. The second kappa shape index (κ2) is 22.4. The van der Waals surface area contributed by atoms with Crippen molar-refractivity contribution in [3.05, 3.63) is 164 Å². The quantitative estimate of drug-likeness (QED) is 0.0597. The molecule has 10 rings (SSSR count). The summed E-state index contributed by atoms with van der Waals surface area (Å²) in [5.74, 6) is -0.662. The Bertz CT molecular complexity index is 3300. The van der Waals surface area contributed by atoms with Crippen LogP contribution in [0, 0.1) is 11.6 Å². The van der Waals surface area contributed by atoms with E-state index in [0.717, 1.165) is 31.0 Å². The summed E-state index contributed by atoms with van der Waals surface area (Å²) in [6.07, 6.45) is 7.06. The van der Waals surface area contributed by atoms with Crippen LogP contribution in [0.4, 0.5) is 43.4 Å². The van der Waals surface area contributed by atoms with Gasteiger partial charge in [0.1, 0.15) is 29.5 Å². The van der Waals surface area contributed by atoms with Gasteiger partial charge in [-0.2, -0.15) is 0 Å². The van der Waals surface area contributed by atoms with Gasteiger partial charge in [0.05, 0.1) is 54.6 Å². The second-order valence-corrected chi connectivity index (χ2v) is 16.3. The molecular weight excluding hydrogens is 923 g/mol. The predicted molar refractivity (Wildman–Crippen MR) is 272 cm³/mol. The van der Waals surface area contributed by atoms with Gasteiger partial charge in [0.25, 0.3) is 0 Å². The number of anilines is 6. The predicted octanol–water partition coefficient (Wildman–Crippen LogP) is 8.73. The minimum absolute atomic E-state index is 0.0766. The lowest BCUT2D eigenvalue weighted by Crippen LogP contribution is -2.33. The van der Waals surface area contributed by atoms with Gasteiger partial charge in [-0.3, -0.25) is 14.6 Å². The molecule has 4 aromatic carbocycles. The van der Waals surface area contributed by atoms with Gasteiger partial charge in [-0.15, -0.1) is 0 Å². The number of carbonyl (C=O) groups excluding carboxylic acids is 2. The van der Waals surface area contributed by atoms with Gasteiger partial charge < -0.3 is 46.1 Å². The lowest BCUT2D eigenvalue weighted by atomic mass is 10.0. The molecule has 6 N–H and O–H groups in total. The van der Waals surface area contributed by atoms with Crippen LogP contribution in [-0.4, -0.2) is 88.2 Å².